The minimum atomic E-state index is -0.222. The van der Waals surface area contributed by atoms with Crippen molar-refractivity contribution in [3.63, 3.8) is 0 Å². The summed E-state index contributed by atoms with van der Waals surface area (Å²) in [7, 11) is 0. The van der Waals surface area contributed by atoms with Crippen molar-refractivity contribution in [2.45, 2.75) is 45.6 Å². The highest BCUT2D eigenvalue weighted by molar-refractivity contribution is 5.63. The number of anilines is 1. The van der Waals surface area contributed by atoms with Gasteiger partial charge in [0, 0.05) is 30.9 Å². The molecule has 1 unspecified atom stereocenters. The molecule has 0 bridgehead atoms. The largest absolute Gasteiger partial charge is 0.370 e. The molecule has 3 nitrogen and oxygen atoms in total. The number of benzene rings is 2. The van der Waals surface area contributed by atoms with Gasteiger partial charge in [0.25, 0.3) is 0 Å². The average Bonchev–Trinajstić information content (AvgIpc) is 2.69. The Bertz CT molecular complexity index is 796. The minimum Gasteiger partial charge on any atom is -0.370 e. The lowest BCUT2D eigenvalue weighted by Crippen LogP contribution is -2.32. The first kappa shape index (κ1) is 20.1. The van der Waals surface area contributed by atoms with Crippen molar-refractivity contribution in [2.75, 3.05) is 18.1 Å². The van der Waals surface area contributed by atoms with Crippen LogP contribution in [0.2, 0.25) is 0 Å². The Hall–Kier alpha value is -2.62. The van der Waals surface area contributed by atoms with Gasteiger partial charge in [-0.1, -0.05) is 36.4 Å². The van der Waals surface area contributed by atoms with Crippen LogP contribution in [0.4, 0.5) is 10.1 Å². The van der Waals surface area contributed by atoms with Gasteiger partial charge in [0.2, 0.25) is 0 Å². The molecule has 1 aliphatic rings. The van der Waals surface area contributed by atoms with Crippen LogP contribution in [0.5, 0.6) is 0 Å². The molecule has 0 fully saturated rings. The van der Waals surface area contributed by atoms with Gasteiger partial charge in [-0.25, -0.2) is 4.39 Å². The molecule has 0 aromatic heterocycles. The molecule has 0 spiro atoms. The van der Waals surface area contributed by atoms with Crippen LogP contribution < -0.4 is 5.01 Å². The van der Waals surface area contributed by atoms with Crippen molar-refractivity contribution in [3.05, 3.63) is 77.8 Å². The first-order valence-electron chi connectivity index (χ1n) is 10.1. The van der Waals surface area contributed by atoms with Crippen LogP contribution in [0.1, 0.15) is 37.3 Å². The third-order valence-corrected chi connectivity index (χ3v) is 5.29. The van der Waals surface area contributed by atoms with Gasteiger partial charge in [0.15, 0.2) is 0 Å². The molecule has 0 amide bonds. The second-order valence-electron chi connectivity index (χ2n) is 7.64. The maximum absolute atomic E-state index is 13.3. The lowest BCUT2D eigenvalue weighted by molar-refractivity contribution is 0.364. The highest BCUT2D eigenvalue weighted by Crippen LogP contribution is 2.22. The molecular weight excluding hydrogens is 349 g/mol. The molecule has 2 aromatic carbocycles. The maximum Gasteiger partial charge on any atom is 0.123 e. The molecule has 2 aromatic rings. The molecule has 28 heavy (non-hydrogen) atoms. The Labute approximate surface area is 168 Å². The zero-order valence-corrected chi connectivity index (χ0v) is 16.9. The van der Waals surface area contributed by atoms with E-state index >= 15 is 0 Å². The average molecular weight is 380 g/mol. The summed E-state index contributed by atoms with van der Waals surface area (Å²) in [5, 5.41) is 6.73. The van der Waals surface area contributed by atoms with E-state index < -0.39 is 0 Å². The number of aryl methyl sites for hydroxylation is 1. The number of rotatable bonds is 4. The van der Waals surface area contributed by atoms with Crippen LogP contribution in [0, 0.1) is 12.7 Å². The predicted octanol–water partition coefficient (Wildman–Crippen LogP) is 5.56. The van der Waals surface area contributed by atoms with Gasteiger partial charge in [0.05, 0.1) is 12.2 Å². The zero-order valence-electron chi connectivity index (χ0n) is 16.9. The Morgan fingerprint density at radius 2 is 1.82 bits per heavy atom. The maximum atomic E-state index is 13.3. The quantitative estimate of drug-likeness (QED) is 0.693. The summed E-state index contributed by atoms with van der Waals surface area (Å²) in [6.45, 7) is 10.3. The number of nitrogens with zero attached hydrogens (tertiary/aromatic N) is 3. The first-order chi connectivity index (χ1) is 13.5. The Morgan fingerprint density at radius 1 is 1.11 bits per heavy atom. The van der Waals surface area contributed by atoms with Crippen LogP contribution in [0.15, 0.2) is 65.9 Å². The zero-order chi connectivity index (χ0) is 19.9. The third kappa shape index (κ3) is 5.44. The summed E-state index contributed by atoms with van der Waals surface area (Å²) in [5.74, 6) is -0.222. The molecule has 0 saturated carbocycles. The van der Waals surface area contributed by atoms with Crippen molar-refractivity contribution in [1.29, 1.82) is 0 Å². The fraction of sp³-hybridized carbons (Fsp3) is 0.375. The van der Waals surface area contributed by atoms with Crippen LogP contribution in [-0.2, 0) is 6.42 Å². The lowest BCUT2D eigenvalue weighted by atomic mass is 10.1. The third-order valence-electron chi connectivity index (χ3n) is 5.29. The molecule has 3 rings (SSSR count). The topological polar surface area (TPSA) is 18.8 Å². The SMILES string of the molecule is C=C(Cc1ccc(C)cc1)N1C/C=N\N(c2ccc(F)cc2)C(C)CCCC1. The monoisotopic (exact) mass is 379 g/mol. The minimum absolute atomic E-state index is 0.222. The molecular formula is C24H30FN3. The fourth-order valence-electron chi connectivity index (χ4n) is 3.55. The number of hydrogen-bond acceptors (Lipinski definition) is 3. The number of halogens is 1. The van der Waals surface area contributed by atoms with Crippen LogP contribution in [-0.4, -0.2) is 30.2 Å². The smallest absolute Gasteiger partial charge is 0.123 e. The molecule has 1 aliphatic heterocycles. The Kier molecular flexibility index (Phi) is 6.85. The van der Waals surface area contributed by atoms with Crippen LogP contribution >= 0.6 is 0 Å². The van der Waals surface area contributed by atoms with E-state index in [0.29, 0.717) is 0 Å². The highest BCUT2D eigenvalue weighted by Gasteiger charge is 2.16. The molecule has 0 radical (unpaired) electrons. The molecule has 1 atom stereocenters. The summed E-state index contributed by atoms with van der Waals surface area (Å²) < 4.78 is 13.3. The van der Waals surface area contributed by atoms with Crippen LogP contribution in [0.25, 0.3) is 0 Å². The van der Waals surface area contributed by atoms with E-state index in [1.165, 1.54) is 23.3 Å². The predicted molar refractivity (Wildman–Crippen MR) is 116 cm³/mol. The summed E-state index contributed by atoms with van der Waals surface area (Å²) in [6, 6.07) is 15.5. The van der Waals surface area contributed by atoms with E-state index in [9.17, 15) is 4.39 Å². The van der Waals surface area contributed by atoms with Crippen LogP contribution in [0.3, 0.4) is 0 Å². The van der Waals surface area contributed by atoms with Gasteiger partial charge < -0.3 is 4.90 Å². The summed E-state index contributed by atoms with van der Waals surface area (Å²) in [5.41, 5.74) is 4.61. The summed E-state index contributed by atoms with van der Waals surface area (Å²) in [4.78, 5) is 2.32. The molecule has 0 saturated heterocycles. The molecule has 4 heteroatoms. The van der Waals surface area contributed by atoms with Gasteiger partial charge in [-0.3, -0.25) is 5.01 Å². The fourth-order valence-corrected chi connectivity index (χ4v) is 3.55. The van der Waals surface area contributed by atoms with E-state index in [0.717, 1.165) is 50.2 Å². The van der Waals surface area contributed by atoms with E-state index in [4.69, 9.17) is 5.10 Å². The molecule has 0 aliphatic carbocycles. The number of allylic oxidation sites excluding steroid dienone is 1. The van der Waals surface area contributed by atoms with Crippen molar-refractivity contribution in [1.82, 2.24) is 4.90 Å². The van der Waals surface area contributed by atoms with Gasteiger partial charge in [0.1, 0.15) is 5.82 Å². The van der Waals surface area contributed by atoms with E-state index in [-0.39, 0.29) is 11.9 Å². The van der Waals surface area contributed by atoms with Crippen molar-refractivity contribution in [3.8, 4) is 0 Å². The van der Waals surface area contributed by atoms with Crippen molar-refractivity contribution >= 4 is 11.9 Å². The van der Waals surface area contributed by atoms with E-state index in [2.05, 4.69) is 49.6 Å². The van der Waals surface area contributed by atoms with Crippen molar-refractivity contribution in [2.24, 2.45) is 5.10 Å². The summed E-state index contributed by atoms with van der Waals surface area (Å²) >= 11 is 0. The molecule has 1 heterocycles. The second-order valence-corrected chi connectivity index (χ2v) is 7.64. The van der Waals surface area contributed by atoms with E-state index in [1.54, 1.807) is 12.1 Å². The molecule has 0 N–H and O–H groups in total. The number of hydrazone groups is 1. The standard InChI is InChI=1S/C24H30FN3/c1-19-7-9-22(10-8-19)18-21(3)27-16-5-4-6-20(2)28(26-15-17-27)24-13-11-23(25)12-14-24/h7-15,20H,3-6,16-18H2,1-2H3/b26-15-. The number of hydrogen-bond donors (Lipinski definition) is 0. The highest BCUT2D eigenvalue weighted by atomic mass is 19.1. The van der Waals surface area contributed by atoms with Gasteiger partial charge in [-0.15, -0.1) is 0 Å². The Balaban J connectivity index is 1.70. The van der Waals surface area contributed by atoms with Crippen molar-refractivity contribution < 1.29 is 4.39 Å². The van der Waals surface area contributed by atoms with Gasteiger partial charge in [-0.05, 0) is 62.9 Å². The lowest BCUT2D eigenvalue weighted by Gasteiger charge is -2.30. The second kappa shape index (κ2) is 9.54. The summed E-state index contributed by atoms with van der Waals surface area (Å²) in [6.07, 6.45) is 6.11. The molecule has 148 valence electrons. The van der Waals surface area contributed by atoms with E-state index in [1.807, 2.05) is 11.2 Å². The first-order valence-corrected chi connectivity index (χ1v) is 10.1. The Morgan fingerprint density at radius 3 is 2.54 bits per heavy atom. The normalized spacial score (nSPS) is 19.3. The van der Waals surface area contributed by atoms with Gasteiger partial charge >= 0.3 is 0 Å². The van der Waals surface area contributed by atoms with Gasteiger partial charge in [-0.2, -0.15) is 5.10 Å².